The van der Waals surface area contributed by atoms with Crippen molar-refractivity contribution >= 4 is 40.9 Å². The molecule has 0 bridgehead atoms. The van der Waals surface area contributed by atoms with Crippen LogP contribution >= 0.6 is 23.4 Å². The van der Waals surface area contributed by atoms with Crippen LogP contribution in [0, 0.1) is 0 Å². The number of piperidine rings is 1. The Morgan fingerprint density at radius 1 is 1.17 bits per heavy atom. The second-order valence-corrected chi connectivity index (χ2v) is 9.53. The van der Waals surface area contributed by atoms with Gasteiger partial charge in [0.2, 0.25) is 11.8 Å². The molecule has 2 amide bonds. The molecule has 0 unspecified atom stereocenters. The van der Waals surface area contributed by atoms with Crippen molar-refractivity contribution in [2.75, 3.05) is 24.2 Å². The molecule has 0 aliphatic carbocycles. The molecule has 0 aromatic heterocycles. The summed E-state index contributed by atoms with van der Waals surface area (Å²) in [7, 11) is 0. The third kappa shape index (κ3) is 4.66. The molecule has 30 heavy (non-hydrogen) atoms. The smallest absolute Gasteiger partial charge is 0.237 e. The number of nitrogens with one attached hydrogen (secondary N) is 1. The highest BCUT2D eigenvalue weighted by atomic mass is 35.5. The predicted molar refractivity (Wildman–Crippen MR) is 121 cm³/mol. The Morgan fingerprint density at radius 3 is 2.60 bits per heavy atom. The number of aryl methyl sites for hydroxylation is 1. The summed E-state index contributed by atoms with van der Waals surface area (Å²) >= 11 is 7.35. The van der Waals surface area contributed by atoms with E-state index in [0.717, 1.165) is 29.7 Å². The number of carbonyl (C=O) groups excluding carboxylic acids is 2. The third-order valence-corrected chi connectivity index (χ3v) is 7.49. The first-order valence-electron chi connectivity index (χ1n) is 10.2. The lowest BCUT2D eigenvalue weighted by atomic mass is 9.84. The number of nitrogens with zero attached hydrogens (tertiary/aromatic N) is 1. The largest absolute Gasteiger partial charge is 0.385 e. The number of carbonyl (C=O) groups is 2. The van der Waals surface area contributed by atoms with Crippen molar-refractivity contribution in [2.24, 2.45) is 0 Å². The summed E-state index contributed by atoms with van der Waals surface area (Å²) in [6.45, 7) is 1.00. The van der Waals surface area contributed by atoms with Gasteiger partial charge in [0.05, 0.1) is 16.6 Å². The molecule has 0 spiro atoms. The first kappa shape index (κ1) is 21.2. The molecule has 1 saturated heterocycles. The van der Waals surface area contributed by atoms with Gasteiger partial charge in [-0.15, -0.1) is 11.8 Å². The minimum absolute atomic E-state index is 0.0210. The van der Waals surface area contributed by atoms with Gasteiger partial charge in [-0.2, -0.15) is 0 Å². The number of fused-ring (bicyclic) bond motifs is 1. The van der Waals surface area contributed by atoms with E-state index in [1.165, 1.54) is 11.8 Å². The number of aliphatic hydroxyl groups is 1. The molecule has 2 heterocycles. The van der Waals surface area contributed by atoms with Crippen molar-refractivity contribution in [1.82, 2.24) is 4.90 Å². The number of halogens is 1. The molecule has 158 valence electrons. The summed E-state index contributed by atoms with van der Waals surface area (Å²) in [6, 6.07) is 15.1. The molecule has 4 rings (SSSR count). The minimum atomic E-state index is -0.929. The first-order valence-corrected chi connectivity index (χ1v) is 11.6. The average Bonchev–Trinajstić information content (AvgIpc) is 2.91. The van der Waals surface area contributed by atoms with Crippen LogP contribution in [0.3, 0.4) is 0 Å². The first-order chi connectivity index (χ1) is 14.4. The molecule has 2 aromatic rings. The molecule has 7 heteroatoms. The number of thioether (sulfide) groups is 1. The van der Waals surface area contributed by atoms with Crippen molar-refractivity contribution in [3.05, 3.63) is 64.7 Å². The summed E-state index contributed by atoms with van der Waals surface area (Å²) in [5.41, 5.74) is 1.91. The number of anilines is 1. The van der Waals surface area contributed by atoms with Crippen molar-refractivity contribution in [1.29, 1.82) is 0 Å². The van der Waals surface area contributed by atoms with Gasteiger partial charge >= 0.3 is 0 Å². The van der Waals surface area contributed by atoms with E-state index in [4.69, 9.17) is 11.6 Å². The zero-order valence-corrected chi connectivity index (χ0v) is 18.2. The molecule has 2 aliphatic heterocycles. The maximum Gasteiger partial charge on any atom is 0.237 e. The Kier molecular flexibility index (Phi) is 6.37. The monoisotopic (exact) mass is 444 g/mol. The fourth-order valence-electron chi connectivity index (χ4n) is 4.09. The van der Waals surface area contributed by atoms with Gasteiger partial charge in [-0.1, -0.05) is 41.9 Å². The molecular formula is C23H25ClN2O3S. The molecule has 5 nitrogen and oxygen atoms in total. The molecule has 1 fully saturated rings. The van der Waals surface area contributed by atoms with Gasteiger partial charge in [-0.05, 0) is 55.0 Å². The molecular weight excluding hydrogens is 420 g/mol. The van der Waals surface area contributed by atoms with Gasteiger partial charge in [0.15, 0.2) is 0 Å². The number of para-hydroxylation sites is 1. The van der Waals surface area contributed by atoms with E-state index in [9.17, 15) is 14.7 Å². The van der Waals surface area contributed by atoms with E-state index in [1.807, 2.05) is 36.4 Å². The zero-order valence-electron chi connectivity index (χ0n) is 16.6. The van der Waals surface area contributed by atoms with Gasteiger partial charge in [-0.3, -0.25) is 9.59 Å². The topological polar surface area (TPSA) is 69.6 Å². The highest BCUT2D eigenvalue weighted by molar-refractivity contribution is 8.01. The SMILES string of the molecule is O=C1Nc2ccccc2CC[C@@H]1SCC(=O)N1CCC(O)(c2ccc(Cl)cc2)CC1. The number of likely N-dealkylation sites (tertiary alicyclic amines) is 1. The number of benzene rings is 2. The maximum atomic E-state index is 12.7. The summed E-state index contributed by atoms with van der Waals surface area (Å²) in [6.07, 6.45) is 2.52. The van der Waals surface area contributed by atoms with Crippen LogP contribution in [-0.2, 0) is 21.6 Å². The molecule has 1 atom stereocenters. The number of rotatable bonds is 4. The zero-order chi connectivity index (χ0) is 21.1. The third-order valence-electron chi connectivity index (χ3n) is 5.98. The van der Waals surface area contributed by atoms with Crippen molar-refractivity contribution < 1.29 is 14.7 Å². The van der Waals surface area contributed by atoms with Gasteiger partial charge in [-0.25, -0.2) is 0 Å². The molecule has 0 saturated carbocycles. The van der Waals surface area contributed by atoms with E-state index in [0.29, 0.717) is 31.0 Å². The van der Waals surface area contributed by atoms with Gasteiger partial charge in [0, 0.05) is 23.8 Å². The summed E-state index contributed by atoms with van der Waals surface area (Å²) < 4.78 is 0. The lowest BCUT2D eigenvalue weighted by molar-refractivity contribution is -0.132. The van der Waals surface area contributed by atoms with Gasteiger partial charge in [0.25, 0.3) is 0 Å². The normalized spacial score (nSPS) is 20.8. The minimum Gasteiger partial charge on any atom is -0.385 e. The van der Waals surface area contributed by atoms with Crippen LogP contribution in [0.2, 0.25) is 5.02 Å². The van der Waals surface area contributed by atoms with Crippen molar-refractivity contribution in [3.63, 3.8) is 0 Å². The average molecular weight is 445 g/mol. The van der Waals surface area contributed by atoms with Crippen molar-refractivity contribution in [3.8, 4) is 0 Å². The van der Waals surface area contributed by atoms with E-state index in [1.54, 1.807) is 17.0 Å². The van der Waals surface area contributed by atoms with Crippen LogP contribution in [-0.4, -0.2) is 45.9 Å². The molecule has 2 aromatic carbocycles. The summed E-state index contributed by atoms with van der Waals surface area (Å²) in [4.78, 5) is 27.0. The molecule has 0 radical (unpaired) electrons. The number of hydrogen-bond acceptors (Lipinski definition) is 4. The fourth-order valence-corrected chi connectivity index (χ4v) is 5.24. The maximum absolute atomic E-state index is 12.7. The summed E-state index contributed by atoms with van der Waals surface area (Å²) in [5, 5.41) is 14.4. The van der Waals surface area contributed by atoms with Crippen LogP contribution < -0.4 is 5.32 Å². The Hall–Kier alpha value is -2.02. The highest BCUT2D eigenvalue weighted by Gasteiger charge is 2.35. The van der Waals surface area contributed by atoms with Gasteiger partial charge in [0.1, 0.15) is 0 Å². The fraction of sp³-hybridized carbons (Fsp3) is 0.391. The molecule has 2 aliphatic rings. The van der Waals surface area contributed by atoms with E-state index < -0.39 is 5.60 Å². The second kappa shape index (κ2) is 9.00. The number of amides is 2. The Bertz CT molecular complexity index is 926. The van der Waals surface area contributed by atoms with Gasteiger partial charge < -0.3 is 15.3 Å². The van der Waals surface area contributed by atoms with Crippen LogP contribution in [0.15, 0.2) is 48.5 Å². The van der Waals surface area contributed by atoms with Crippen molar-refractivity contribution in [2.45, 2.75) is 36.5 Å². The van der Waals surface area contributed by atoms with E-state index in [2.05, 4.69) is 5.32 Å². The lowest BCUT2D eigenvalue weighted by Gasteiger charge is -2.38. The van der Waals surface area contributed by atoms with Crippen LogP contribution in [0.25, 0.3) is 0 Å². The van der Waals surface area contributed by atoms with Crippen LogP contribution in [0.1, 0.15) is 30.4 Å². The highest BCUT2D eigenvalue weighted by Crippen LogP contribution is 2.34. The Labute approximate surface area is 185 Å². The second-order valence-electron chi connectivity index (χ2n) is 7.90. The van der Waals surface area contributed by atoms with Crippen LogP contribution in [0.4, 0.5) is 5.69 Å². The quantitative estimate of drug-likeness (QED) is 0.751. The van der Waals surface area contributed by atoms with Crippen LogP contribution in [0.5, 0.6) is 0 Å². The standard InChI is InChI=1S/C23H25ClN2O3S/c24-18-8-6-17(7-9-18)23(29)11-13-26(14-12-23)21(27)15-30-20-10-5-16-3-1-2-4-19(16)25-22(20)28/h1-4,6-9,20,29H,5,10-15H2,(H,25,28)/t20-/m0/s1. The van der Waals surface area contributed by atoms with E-state index >= 15 is 0 Å². The molecule has 2 N–H and O–H groups in total. The predicted octanol–water partition coefficient (Wildman–Crippen LogP) is 3.84. The number of hydrogen-bond donors (Lipinski definition) is 2. The lowest BCUT2D eigenvalue weighted by Crippen LogP contribution is -2.46. The Morgan fingerprint density at radius 2 is 1.87 bits per heavy atom. The summed E-state index contributed by atoms with van der Waals surface area (Å²) in [5.74, 6) is 0.259. The Balaban J connectivity index is 1.29. The van der Waals surface area contributed by atoms with E-state index in [-0.39, 0.29) is 22.8 Å².